The van der Waals surface area contributed by atoms with Crippen molar-refractivity contribution in [1.82, 2.24) is 0 Å². The van der Waals surface area contributed by atoms with Gasteiger partial charge in [-0.05, 0) is 62.1 Å². The summed E-state index contributed by atoms with van der Waals surface area (Å²) in [6, 6.07) is 15.4. The summed E-state index contributed by atoms with van der Waals surface area (Å²) in [5, 5.41) is 16.1. The van der Waals surface area contributed by atoms with Gasteiger partial charge in [-0.1, -0.05) is 12.1 Å². The lowest BCUT2D eigenvalue weighted by Gasteiger charge is -2.21. The quantitative estimate of drug-likeness (QED) is 0.203. The maximum absolute atomic E-state index is 11.8. The first kappa shape index (κ1) is 25.0. The van der Waals surface area contributed by atoms with Crippen molar-refractivity contribution in [3.8, 4) is 0 Å². The summed E-state index contributed by atoms with van der Waals surface area (Å²) in [5.41, 5.74) is 4.34. The second-order valence-corrected chi connectivity index (χ2v) is 7.27. The number of carbonyl (C=O) groups excluding carboxylic acids is 1. The first-order chi connectivity index (χ1) is 15.5. The van der Waals surface area contributed by atoms with E-state index in [1.807, 2.05) is 24.3 Å². The van der Waals surface area contributed by atoms with Gasteiger partial charge in [-0.3, -0.25) is 9.59 Å². The van der Waals surface area contributed by atoms with E-state index in [9.17, 15) is 9.59 Å². The van der Waals surface area contributed by atoms with E-state index in [2.05, 4.69) is 59.1 Å². The van der Waals surface area contributed by atoms with Crippen molar-refractivity contribution in [2.24, 2.45) is 4.99 Å². The highest BCUT2D eigenvalue weighted by atomic mass is 32.1. The van der Waals surface area contributed by atoms with E-state index >= 15 is 0 Å². The topological polar surface area (TPSA) is 94.0 Å². The molecule has 0 bridgehead atoms. The smallest absolute Gasteiger partial charge is 0.303 e. The molecule has 0 saturated heterocycles. The fourth-order valence-electron chi connectivity index (χ4n) is 3.06. The Bertz CT molecular complexity index is 937. The SMILES string of the molecule is CCN(CC)c1ccc(/C(=C/S)N=CNc2ccc(NC(=O)CCCC(=O)O)cc2)cc1. The highest BCUT2D eigenvalue weighted by Crippen LogP contribution is 2.21. The predicted molar refractivity (Wildman–Crippen MR) is 136 cm³/mol. The Morgan fingerprint density at radius 3 is 2.19 bits per heavy atom. The van der Waals surface area contributed by atoms with E-state index in [0.717, 1.165) is 30.0 Å². The molecule has 7 nitrogen and oxygen atoms in total. The Balaban J connectivity index is 1.89. The third kappa shape index (κ3) is 8.11. The van der Waals surface area contributed by atoms with E-state index in [1.165, 1.54) is 5.69 Å². The van der Waals surface area contributed by atoms with E-state index in [4.69, 9.17) is 5.11 Å². The first-order valence-corrected chi connectivity index (χ1v) is 11.1. The monoisotopic (exact) mass is 454 g/mol. The third-order valence-corrected chi connectivity index (χ3v) is 5.06. The Morgan fingerprint density at radius 2 is 1.62 bits per heavy atom. The first-order valence-electron chi connectivity index (χ1n) is 10.6. The van der Waals surface area contributed by atoms with Gasteiger partial charge in [-0.15, -0.1) is 12.6 Å². The van der Waals surface area contributed by atoms with Crippen molar-refractivity contribution in [1.29, 1.82) is 0 Å². The van der Waals surface area contributed by atoms with Gasteiger partial charge in [0.25, 0.3) is 0 Å². The molecule has 0 aliphatic heterocycles. The molecule has 1 amide bonds. The van der Waals surface area contributed by atoms with Crippen LogP contribution in [0.15, 0.2) is 58.9 Å². The summed E-state index contributed by atoms with van der Waals surface area (Å²) in [7, 11) is 0. The Labute approximate surface area is 194 Å². The fourth-order valence-corrected chi connectivity index (χ4v) is 3.28. The van der Waals surface area contributed by atoms with Gasteiger partial charge in [0.1, 0.15) is 0 Å². The van der Waals surface area contributed by atoms with E-state index < -0.39 is 5.97 Å². The molecule has 0 spiro atoms. The lowest BCUT2D eigenvalue weighted by molar-refractivity contribution is -0.137. The van der Waals surface area contributed by atoms with E-state index in [1.54, 1.807) is 23.9 Å². The molecule has 0 aromatic heterocycles. The molecule has 0 heterocycles. The van der Waals surface area contributed by atoms with Crippen LogP contribution in [0.1, 0.15) is 38.7 Å². The summed E-state index contributed by atoms with van der Waals surface area (Å²) < 4.78 is 0. The number of aliphatic carboxylic acids is 1. The molecule has 170 valence electrons. The number of rotatable bonds is 12. The van der Waals surface area contributed by atoms with Crippen LogP contribution in [-0.2, 0) is 9.59 Å². The Kier molecular flexibility index (Phi) is 10.3. The number of thiol groups is 1. The molecule has 0 aliphatic carbocycles. The largest absolute Gasteiger partial charge is 0.481 e. The zero-order valence-electron chi connectivity index (χ0n) is 18.4. The molecule has 3 N–H and O–H groups in total. The van der Waals surface area contributed by atoms with Gasteiger partial charge < -0.3 is 20.6 Å². The van der Waals surface area contributed by atoms with E-state index in [0.29, 0.717) is 12.1 Å². The minimum atomic E-state index is -0.901. The molecule has 0 atom stereocenters. The van der Waals surface area contributed by atoms with Crippen LogP contribution in [0.3, 0.4) is 0 Å². The number of hydrogen-bond donors (Lipinski definition) is 4. The predicted octanol–water partition coefficient (Wildman–Crippen LogP) is 5.09. The van der Waals surface area contributed by atoms with Crippen LogP contribution in [0.25, 0.3) is 5.70 Å². The van der Waals surface area contributed by atoms with Gasteiger partial charge in [0.15, 0.2) is 0 Å². The number of benzene rings is 2. The maximum Gasteiger partial charge on any atom is 0.303 e. The zero-order chi connectivity index (χ0) is 23.3. The number of carboxylic acids is 1. The zero-order valence-corrected chi connectivity index (χ0v) is 19.3. The van der Waals surface area contributed by atoms with Crippen molar-refractivity contribution >= 4 is 53.6 Å². The highest BCUT2D eigenvalue weighted by molar-refractivity contribution is 7.83. The standard InChI is InChI=1S/C24H30N4O3S/c1-3-28(4-2)21-14-8-18(9-15-21)22(16-32)26-17-25-19-10-12-20(13-11-19)27-23(29)6-5-7-24(30)31/h8-17,32H,3-7H2,1-2H3,(H,25,26)(H,27,29)(H,30,31)/b22-16-. The van der Waals surface area contributed by atoms with Crippen molar-refractivity contribution in [2.45, 2.75) is 33.1 Å². The molecule has 8 heteroatoms. The van der Waals surface area contributed by atoms with Crippen LogP contribution in [0.2, 0.25) is 0 Å². The molecule has 0 radical (unpaired) electrons. The number of carbonyl (C=O) groups is 2. The van der Waals surface area contributed by atoms with Gasteiger partial charge in [0, 0.05) is 48.6 Å². The molecular formula is C24H30N4O3S. The van der Waals surface area contributed by atoms with Crippen LogP contribution in [0, 0.1) is 0 Å². The molecule has 0 fully saturated rings. The molecule has 2 aromatic carbocycles. The van der Waals surface area contributed by atoms with Crippen molar-refractivity contribution < 1.29 is 14.7 Å². The van der Waals surface area contributed by atoms with Gasteiger partial charge >= 0.3 is 5.97 Å². The van der Waals surface area contributed by atoms with Gasteiger partial charge in [-0.2, -0.15) is 0 Å². The number of nitrogens with zero attached hydrogens (tertiary/aromatic N) is 2. The normalized spacial score (nSPS) is 11.4. The van der Waals surface area contributed by atoms with Crippen LogP contribution < -0.4 is 15.5 Å². The summed E-state index contributed by atoms with van der Waals surface area (Å²) >= 11 is 4.28. The summed E-state index contributed by atoms with van der Waals surface area (Å²) in [6.45, 7) is 6.19. The summed E-state index contributed by atoms with van der Waals surface area (Å²) in [5.74, 6) is -1.11. The number of carboxylic acid groups (broad SMARTS) is 1. The highest BCUT2D eigenvalue weighted by Gasteiger charge is 2.05. The van der Waals surface area contributed by atoms with Crippen molar-refractivity contribution in [2.75, 3.05) is 28.6 Å². The minimum absolute atomic E-state index is 0.0155. The molecule has 0 aliphatic rings. The molecule has 2 rings (SSSR count). The second kappa shape index (κ2) is 13.2. The van der Waals surface area contributed by atoms with Crippen molar-refractivity contribution in [3.05, 3.63) is 59.5 Å². The average molecular weight is 455 g/mol. The second-order valence-electron chi connectivity index (χ2n) is 7.01. The maximum atomic E-state index is 11.8. The number of nitrogens with one attached hydrogen (secondary N) is 2. The molecule has 2 aromatic rings. The lowest BCUT2D eigenvalue weighted by Crippen LogP contribution is -2.21. The molecular weight excluding hydrogens is 424 g/mol. The van der Waals surface area contributed by atoms with Crippen LogP contribution in [-0.4, -0.2) is 36.4 Å². The number of anilines is 3. The van der Waals surface area contributed by atoms with E-state index in [-0.39, 0.29) is 18.7 Å². The number of aliphatic imine (C=N–C) groups is 1. The lowest BCUT2D eigenvalue weighted by atomic mass is 10.1. The molecule has 0 unspecified atom stereocenters. The molecule has 0 saturated carbocycles. The van der Waals surface area contributed by atoms with Gasteiger partial charge in [0.05, 0.1) is 12.0 Å². The van der Waals surface area contributed by atoms with Crippen LogP contribution >= 0.6 is 12.6 Å². The summed E-state index contributed by atoms with van der Waals surface area (Å²) in [4.78, 5) is 29.1. The number of hydrogen-bond acceptors (Lipinski definition) is 5. The Hall–Kier alpha value is -3.26. The van der Waals surface area contributed by atoms with Crippen LogP contribution in [0.5, 0.6) is 0 Å². The van der Waals surface area contributed by atoms with Gasteiger partial charge in [-0.25, -0.2) is 4.99 Å². The van der Waals surface area contributed by atoms with Gasteiger partial charge in [0.2, 0.25) is 5.91 Å². The minimum Gasteiger partial charge on any atom is -0.481 e. The fraction of sp³-hybridized carbons (Fsp3) is 0.292. The van der Waals surface area contributed by atoms with Crippen LogP contribution in [0.4, 0.5) is 17.1 Å². The molecule has 32 heavy (non-hydrogen) atoms. The third-order valence-electron chi connectivity index (χ3n) is 4.81. The number of amides is 1. The average Bonchev–Trinajstić information content (AvgIpc) is 2.79. The van der Waals surface area contributed by atoms with Crippen molar-refractivity contribution in [3.63, 3.8) is 0 Å². The summed E-state index contributed by atoms with van der Waals surface area (Å²) in [6.07, 6.45) is 2.07. The Morgan fingerprint density at radius 1 is 1.00 bits per heavy atom.